The lowest BCUT2D eigenvalue weighted by Gasteiger charge is -2.09. The first-order chi connectivity index (χ1) is 9.40. The molecule has 1 rings (SSSR count). The van der Waals surface area contributed by atoms with Crippen LogP contribution in [0.5, 0.6) is 0 Å². The van der Waals surface area contributed by atoms with Gasteiger partial charge in [-0.15, -0.1) is 0 Å². The fourth-order valence-electron chi connectivity index (χ4n) is 1.72. The van der Waals surface area contributed by atoms with Gasteiger partial charge >= 0.3 is 5.97 Å². The summed E-state index contributed by atoms with van der Waals surface area (Å²) in [4.78, 5) is 23.2. The smallest absolute Gasteiger partial charge is 0.307 e. The number of ether oxygens (including phenoxy) is 1. The van der Waals surface area contributed by atoms with Crippen LogP contribution < -0.4 is 5.32 Å². The number of amides is 1. The summed E-state index contributed by atoms with van der Waals surface area (Å²) in [6, 6.07) is 7.51. The third kappa shape index (κ3) is 5.43. The molecule has 4 heteroatoms. The van der Waals surface area contributed by atoms with Crippen molar-refractivity contribution in [3.8, 4) is 0 Å². The van der Waals surface area contributed by atoms with Crippen LogP contribution in [-0.4, -0.2) is 24.5 Å². The molecule has 1 aromatic rings. The summed E-state index contributed by atoms with van der Waals surface area (Å²) in [7, 11) is 0. The summed E-state index contributed by atoms with van der Waals surface area (Å²) in [5.41, 5.74) is 1.80. The summed E-state index contributed by atoms with van der Waals surface area (Å²) < 4.78 is 4.99. The molecule has 20 heavy (non-hydrogen) atoms. The minimum Gasteiger partial charge on any atom is -0.463 e. The van der Waals surface area contributed by atoms with Crippen LogP contribution in [0, 0.1) is 0 Å². The topological polar surface area (TPSA) is 55.4 Å². The fraction of sp³-hybridized carbons (Fsp3) is 0.500. The summed E-state index contributed by atoms with van der Waals surface area (Å²) in [6.45, 7) is 8.10. The molecule has 0 heterocycles. The molecule has 0 aliphatic rings. The van der Waals surface area contributed by atoms with Gasteiger partial charge < -0.3 is 10.1 Å². The van der Waals surface area contributed by atoms with E-state index >= 15 is 0 Å². The number of carbonyl (C=O) groups excluding carboxylic acids is 2. The quantitative estimate of drug-likeness (QED) is 0.813. The lowest BCUT2D eigenvalue weighted by Crippen LogP contribution is -2.27. The largest absolute Gasteiger partial charge is 0.463 e. The number of benzene rings is 1. The maximum absolute atomic E-state index is 11.9. The second-order valence-corrected chi connectivity index (χ2v) is 5.32. The Morgan fingerprint density at radius 3 is 2.20 bits per heavy atom. The Labute approximate surface area is 120 Å². The molecule has 0 aromatic heterocycles. The molecule has 0 unspecified atom stereocenters. The van der Waals surface area contributed by atoms with Crippen LogP contribution in [0.25, 0.3) is 0 Å². The third-order valence-corrected chi connectivity index (χ3v) is 2.82. The Kier molecular flexibility index (Phi) is 6.22. The highest BCUT2D eigenvalue weighted by atomic mass is 16.5. The molecule has 0 bridgehead atoms. The Balaban J connectivity index is 2.41. The number of esters is 1. The molecule has 0 aliphatic heterocycles. The number of hydrogen-bond donors (Lipinski definition) is 1. The zero-order valence-corrected chi connectivity index (χ0v) is 12.6. The maximum Gasteiger partial charge on any atom is 0.307 e. The molecule has 1 aromatic carbocycles. The van der Waals surface area contributed by atoms with E-state index in [1.807, 2.05) is 12.1 Å². The molecular weight excluding hydrogens is 254 g/mol. The average molecular weight is 277 g/mol. The molecule has 0 atom stereocenters. The normalized spacial score (nSPS) is 10.7. The van der Waals surface area contributed by atoms with Crippen LogP contribution in [0.1, 0.15) is 56.0 Å². The van der Waals surface area contributed by atoms with Crippen LogP contribution in [0.3, 0.4) is 0 Å². The van der Waals surface area contributed by atoms with Crippen molar-refractivity contribution in [3.63, 3.8) is 0 Å². The van der Waals surface area contributed by atoms with Crippen LogP contribution >= 0.6 is 0 Å². The first kappa shape index (κ1) is 16.2. The molecular formula is C16H23NO3. The van der Waals surface area contributed by atoms with E-state index in [1.165, 1.54) is 5.56 Å². The lowest BCUT2D eigenvalue weighted by molar-refractivity contribution is -0.147. The predicted molar refractivity (Wildman–Crippen MR) is 78.7 cm³/mol. The van der Waals surface area contributed by atoms with Crippen LogP contribution in [0.2, 0.25) is 0 Å². The van der Waals surface area contributed by atoms with Crippen molar-refractivity contribution in [1.82, 2.24) is 5.32 Å². The second kappa shape index (κ2) is 7.68. The van der Waals surface area contributed by atoms with Gasteiger partial charge in [0.05, 0.1) is 12.5 Å². The molecule has 4 nitrogen and oxygen atoms in total. The van der Waals surface area contributed by atoms with Gasteiger partial charge in [-0.1, -0.05) is 26.0 Å². The van der Waals surface area contributed by atoms with E-state index in [1.54, 1.807) is 26.0 Å². The minimum absolute atomic E-state index is 0.123. The highest BCUT2D eigenvalue weighted by Crippen LogP contribution is 2.14. The summed E-state index contributed by atoms with van der Waals surface area (Å²) >= 11 is 0. The van der Waals surface area contributed by atoms with Gasteiger partial charge in [-0.2, -0.15) is 0 Å². The van der Waals surface area contributed by atoms with E-state index in [9.17, 15) is 9.59 Å². The number of nitrogens with one attached hydrogen (secondary N) is 1. The molecule has 1 N–H and O–H groups in total. The Morgan fingerprint density at radius 1 is 1.10 bits per heavy atom. The predicted octanol–water partition coefficient (Wildman–Crippen LogP) is 2.88. The lowest BCUT2D eigenvalue weighted by atomic mass is 10.0. The van der Waals surface area contributed by atoms with Gasteiger partial charge in [0.1, 0.15) is 0 Å². The first-order valence-corrected chi connectivity index (χ1v) is 6.97. The third-order valence-electron chi connectivity index (χ3n) is 2.82. The SMILES string of the molecule is CC(C)OC(=O)CCNC(=O)c1ccc(C(C)C)cc1. The van der Waals surface area contributed by atoms with Crippen molar-refractivity contribution in [2.24, 2.45) is 0 Å². The van der Waals surface area contributed by atoms with Gasteiger partial charge in [-0.3, -0.25) is 9.59 Å². The fourth-order valence-corrected chi connectivity index (χ4v) is 1.72. The van der Waals surface area contributed by atoms with Gasteiger partial charge in [0, 0.05) is 12.1 Å². The zero-order valence-electron chi connectivity index (χ0n) is 12.6. The average Bonchev–Trinajstić information content (AvgIpc) is 2.37. The Morgan fingerprint density at radius 2 is 1.70 bits per heavy atom. The Hall–Kier alpha value is -1.84. The van der Waals surface area contributed by atoms with E-state index in [0.717, 1.165) is 0 Å². The van der Waals surface area contributed by atoms with Gasteiger partial charge in [-0.25, -0.2) is 0 Å². The van der Waals surface area contributed by atoms with Crippen molar-refractivity contribution in [2.75, 3.05) is 6.54 Å². The van der Waals surface area contributed by atoms with Crippen LogP contribution in [0.4, 0.5) is 0 Å². The number of carbonyl (C=O) groups is 2. The van der Waals surface area contributed by atoms with Crippen LogP contribution in [-0.2, 0) is 9.53 Å². The zero-order chi connectivity index (χ0) is 15.1. The van der Waals surface area contributed by atoms with Crippen molar-refractivity contribution < 1.29 is 14.3 Å². The molecule has 0 spiro atoms. The van der Waals surface area contributed by atoms with E-state index in [-0.39, 0.29) is 30.9 Å². The summed E-state index contributed by atoms with van der Waals surface area (Å²) in [6.07, 6.45) is 0.0651. The molecule has 0 fully saturated rings. The number of hydrogen-bond acceptors (Lipinski definition) is 3. The highest BCUT2D eigenvalue weighted by molar-refractivity contribution is 5.94. The van der Waals surface area contributed by atoms with E-state index < -0.39 is 0 Å². The molecule has 1 amide bonds. The summed E-state index contributed by atoms with van der Waals surface area (Å²) in [5.74, 6) is -0.0222. The van der Waals surface area contributed by atoms with Gasteiger partial charge in [0.2, 0.25) is 0 Å². The molecule has 0 radical (unpaired) electrons. The molecule has 0 saturated heterocycles. The number of rotatable bonds is 6. The van der Waals surface area contributed by atoms with E-state index in [2.05, 4.69) is 19.2 Å². The minimum atomic E-state index is -0.296. The van der Waals surface area contributed by atoms with Gasteiger partial charge in [-0.05, 0) is 37.5 Å². The highest BCUT2D eigenvalue weighted by Gasteiger charge is 2.09. The summed E-state index contributed by atoms with van der Waals surface area (Å²) in [5, 5.41) is 2.71. The van der Waals surface area contributed by atoms with E-state index in [0.29, 0.717) is 11.5 Å². The van der Waals surface area contributed by atoms with Gasteiger partial charge in [0.15, 0.2) is 0 Å². The standard InChI is InChI=1S/C16H23NO3/c1-11(2)13-5-7-14(8-6-13)16(19)17-10-9-15(18)20-12(3)4/h5-8,11-12H,9-10H2,1-4H3,(H,17,19). The molecule has 0 saturated carbocycles. The molecule has 110 valence electrons. The first-order valence-electron chi connectivity index (χ1n) is 6.97. The van der Waals surface area contributed by atoms with E-state index in [4.69, 9.17) is 4.74 Å². The molecule has 0 aliphatic carbocycles. The van der Waals surface area contributed by atoms with Crippen LogP contribution in [0.15, 0.2) is 24.3 Å². The van der Waals surface area contributed by atoms with Crippen molar-refractivity contribution in [1.29, 1.82) is 0 Å². The Bertz CT molecular complexity index is 449. The van der Waals surface area contributed by atoms with Gasteiger partial charge in [0.25, 0.3) is 5.91 Å². The van der Waals surface area contributed by atoms with Crippen molar-refractivity contribution >= 4 is 11.9 Å². The van der Waals surface area contributed by atoms with Crippen molar-refractivity contribution in [3.05, 3.63) is 35.4 Å². The van der Waals surface area contributed by atoms with Crippen molar-refractivity contribution in [2.45, 2.75) is 46.1 Å². The monoisotopic (exact) mass is 277 g/mol. The maximum atomic E-state index is 11.9. The second-order valence-electron chi connectivity index (χ2n) is 5.32.